The number of nitrogens with one attached hydrogen (secondary N) is 2. The average molecular weight is 464 g/mol. The van der Waals surface area contributed by atoms with Crippen LogP contribution in [0, 0.1) is 25.5 Å². The summed E-state index contributed by atoms with van der Waals surface area (Å²) in [4.78, 5) is 24.3. The lowest BCUT2D eigenvalue weighted by atomic mass is 9.96. The molecule has 0 saturated carbocycles. The zero-order valence-corrected chi connectivity index (χ0v) is 19.3. The fourth-order valence-corrected chi connectivity index (χ4v) is 5.17. The Bertz CT molecular complexity index is 1240. The van der Waals surface area contributed by atoms with Gasteiger partial charge in [0.15, 0.2) is 0 Å². The third-order valence-corrected chi connectivity index (χ3v) is 6.81. The van der Waals surface area contributed by atoms with E-state index < -0.39 is 11.6 Å². The molecule has 0 bridgehead atoms. The van der Waals surface area contributed by atoms with Crippen LogP contribution < -0.4 is 15.5 Å². The fraction of sp³-hybridized carbons (Fsp3) is 0.346. The average Bonchev–Trinajstić information content (AvgIpc) is 3.44. The van der Waals surface area contributed by atoms with Crippen molar-refractivity contribution in [2.75, 3.05) is 29.9 Å². The van der Waals surface area contributed by atoms with Gasteiger partial charge in [0.05, 0.1) is 22.6 Å². The van der Waals surface area contributed by atoms with Crippen molar-refractivity contribution in [3.05, 3.63) is 71.3 Å². The highest BCUT2D eigenvalue weighted by molar-refractivity contribution is 6.10. The lowest BCUT2D eigenvalue weighted by Gasteiger charge is -2.28. The number of halogens is 2. The Kier molecular flexibility index (Phi) is 5.77. The molecule has 176 valence electrons. The summed E-state index contributed by atoms with van der Waals surface area (Å²) < 4.78 is 28.2. The van der Waals surface area contributed by atoms with Crippen LogP contribution in [-0.2, 0) is 0 Å². The second-order valence-electron chi connectivity index (χ2n) is 9.26. The number of amides is 1. The number of pyridine rings is 2. The van der Waals surface area contributed by atoms with Crippen LogP contribution >= 0.6 is 0 Å². The minimum atomic E-state index is -0.674. The molecule has 1 aromatic carbocycles. The van der Waals surface area contributed by atoms with Crippen LogP contribution in [0.3, 0.4) is 0 Å². The Morgan fingerprint density at radius 3 is 2.62 bits per heavy atom. The highest BCUT2D eigenvalue weighted by atomic mass is 19.1. The Morgan fingerprint density at radius 1 is 1.12 bits per heavy atom. The summed E-state index contributed by atoms with van der Waals surface area (Å²) in [5.74, 6) is -1.68. The number of carbonyl (C=O) groups is 1. The highest BCUT2D eigenvalue weighted by Crippen LogP contribution is 2.40. The molecule has 2 aromatic heterocycles. The number of rotatable bonds is 4. The molecule has 4 heterocycles. The van der Waals surface area contributed by atoms with Crippen molar-refractivity contribution in [3.8, 4) is 11.1 Å². The molecule has 5 rings (SSSR count). The van der Waals surface area contributed by atoms with Crippen molar-refractivity contribution < 1.29 is 13.6 Å². The fourth-order valence-electron chi connectivity index (χ4n) is 5.17. The van der Waals surface area contributed by atoms with Crippen LogP contribution in [0.2, 0.25) is 0 Å². The van der Waals surface area contributed by atoms with Gasteiger partial charge in [0.1, 0.15) is 11.6 Å². The van der Waals surface area contributed by atoms with Crippen molar-refractivity contribution in [1.82, 2.24) is 15.3 Å². The predicted molar refractivity (Wildman–Crippen MR) is 128 cm³/mol. The third-order valence-electron chi connectivity index (χ3n) is 6.81. The van der Waals surface area contributed by atoms with Gasteiger partial charge in [0.2, 0.25) is 0 Å². The first kappa shape index (κ1) is 22.4. The van der Waals surface area contributed by atoms with Crippen molar-refractivity contribution in [2.24, 2.45) is 0 Å². The second-order valence-corrected chi connectivity index (χ2v) is 9.26. The van der Waals surface area contributed by atoms with E-state index in [-0.39, 0.29) is 11.4 Å². The van der Waals surface area contributed by atoms with Crippen molar-refractivity contribution in [3.63, 3.8) is 0 Å². The van der Waals surface area contributed by atoms with E-state index in [1.807, 2.05) is 26.0 Å². The first-order valence-corrected chi connectivity index (χ1v) is 11.5. The SMILES string of the molecule is Cc1ccc(NC(=O)c2cncc(-c3cc(F)cc(F)c3)c2N2CCC3(CCCN3)C2)c(C)n1. The van der Waals surface area contributed by atoms with Gasteiger partial charge >= 0.3 is 0 Å². The van der Waals surface area contributed by atoms with Crippen molar-refractivity contribution in [1.29, 1.82) is 0 Å². The second kappa shape index (κ2) is 8.76. The van der Waals surface area contributed by atoms with Crippen molar-refractivity contribution >= 4 is 17.3 Å². The molecule has 1 amide bonds. The van der Waals surface area contributed by atoms with Gasteiger partial charge in [0.25, 0.3) is 5.91 Å². The van der Waals surface area contributed by atoms with E-state index >= 15 is 0 Å². The van der Waals surface area contributed by atoms with E-state index in [4.69, 9.17) is 0 Å². The summed E-state index contributed by atoms with van der Waals surface area (Å²) in [6.45, 7) is 6.14. The zero-order valence-electron chi connectivity index (χ0n) is 19.3. The van der Waals surface area contributed by atoms with Gasteiger partial charge < -0.3 is 15.5 Å². The number of hydrogen-bond donors (Lipinski definition) is 2. The molecule has 8 heteroatoms. The standard InChI is InChI=1S/C26H27F2N5O/c1-16-4-5-23(17(2)31-16)32-25(34)22-14-29-13-21(18-10-19(27)12-20(28)11-18)24(22)33-9-7-26(15-33)6-3-8-30-26/h4-5,10-14,30H,3,6-9,15H2,1-2H3,(H,32,34). The van der Waals surface area contributed by atoms with E-state index in [2.05, 4.69) is 25.5 Å². The first-order chi connectivity index (χ1) is 16.3. The van der Waals surface area contributed by atoms with Crippen LogP contribution in [0.5, 0.6) is 0 Å². The van der Waals surface area contributed by atoms with Crippen LogP contribution in [0.1, 0.15) is 41.0 Å². The zero-order chi connectivity index (χ0) is 23.9. The van der Waals surface area contributed by atoms with Crippen LogP contribution in [-0.4, -0.2) is 41.0 Å². The van der Waals surface area contributed by atoms with Gasteiger partial charge in [-0.05, 0) is 69.5 Å². The van der Waals surface area contributed by atoms with Gasteiger partial charge in [-0.1, -0.05) is 0 Å². The van der Waals surface area contributed by atoms with Gasteiger partial charge in [-0.3, -0.25) is 14.8 Å². The molecule has 3 aromatic rings. The number of aryl methyl sites for hydroxylation is 2. The summed E-state index contributed by atoms with van der Waals surface area (Å²) in [7, 11) is 0. The van der Waals surface area contributed by atoms with Gasteiger partial charge in [-0.2, -0.15) is 0 Å². The molecular weight excluding hydrogens is 436 g/mol. The monoisotopic (exact) mass is 463 g/mol. The van der Waals surface area contributed by atoms with Crippen LogP contribution in [0.15, 0.2) is 42.7 Å². The van der Waals surface area contributed by atoms with E-state index in [9.17, 15) is 13.6 Å². The maximum Gasteiger partial charge on any atom is 0.259 e. The Labute approximate surface area is 197 Å². The molecule has 1 unspecified atom stereocenters. The molecule has 1 atom stereocenters. The van der Waals surface area contributed by atoms with E-state index in [0.29, 0.717) is 40.3 Å². The summed E-state index contributed by atoms with van der Waals surface area (Å²) >= 11 is 0. The van der Waals surface area contributed by atoms with E-state index in [1.165, 1.54) is 18.3 Å². The first-order valence-electron chi connectivity index (χ1n) is 11.5. The van der Waals surface area contributed by atoms with E-state index in [1.54, 1.807) is 6.20 Å². The minimum Gasteiger partial charge on any atom is -0.368 e. The summed E-state index contributed by atoms with van der Waals surface area (Å²) in [5, 5.41) is 6.57. The highest BCUT2D eigenvalue weighted by Gasteiger charge is 2.41. The van der Waals surface area contributed by atoms with E-state index in [0.717, 1.165) is 44.1 Å². The largest absolute Gasteiger partial charge is 0.368 e. The molecule has 1 spiro atoms. The van der Waals surface area contributed by atoms with Crippen LogP contribution in [0.4, 0.5) is 20.2 Å². The third kappa shape index (κ3) is 4.25. The molecule has 0 aliphatic carbocycles. The Morgan fingerprint density at radius 2 is 1.91 bits per heavy atom. The molecule has 2 aliphatic rings. The lowest BCUT2D eigenvalue weighted by Crippen LogP contribution is -2.42. The number of hydrogen-bond acceptors (Lipinski definition) is 5. The molecule has 34 heavy (non-hydrogen) atoms. The topological polar surface area (TPSA) is 70.2 Å². The summed E-state index contributed by atoms with van der Waals surface area (Å²) in [6, 6.07) is 7.05. The molecule has 2 N–H and O–H groups in total. The quantitative estimate of drug-likeness (QED) is 0.591. The molecule has 2 saturated heterocycles. The number of nitrogens with zero attached hydrogens (tertiary/aromatic N) is 3. The van der Waals surface area contributed by atoms with Gasteiger partial charge in [-0.25, -0.2) is 8.78 Å². The number of carbonyl (C=O) groups excluding carboxylic acids is 1. The lowest BCUT2D eigenvalue weighted by molar-refractivity contribution is 0.102. The molecule has 2 fully saturated rings. The van der Waals surface area contributed by atoms with Crippen molar-refractivity contribution in [2.45, 2.75) is 38.6 Å². The summed E-state index contributed by atoms with van der Waals surface area (Å²) in [6.07, 6.45) is 6.21. The van der Waals surface area contributed by atoms with Gasteiger partial charge in [-0.15, -0.1) is 0 Å². The van der Waals surface area contributed by atoms with Gasteiger partial charge in [0, 0.05) is 48.3 Å². The minimum absolute atomic E-state index is 0.00105. The molecular formula is C26H27F2N5O. The Balaban J connectivity index is 1.59. The maximum absolute atomic E-state index is 14.1. The summed E-state index contributed by atoms with van der Waals surface area (Å²) in [5.41, 5.74) is 4.06. The number of anilines is 2. The molecule has 2 aliphatic heterocycles. The predicted octanol–water partition coefficient (Wildman–Crippen LogP) is 4.62. The molecule has 0 radical (unpaired) electrons. The molecule has 6 nitrogen and oxygen atoms in total. The Hall–Kier alpha value is -3.39. The maximum atomic E-state index is 14.1. The van der Waals surface area contributed by atoms with Crippen LogP contribution in [0.25, 0.3) is 11.1 Å². The number of aromatic nitrogens is 2. The normalized spacial score (nSPS) is 19.7. The smallest absolute Gasteiger partial charge is 0.259 e. The number of benzene rings is 1.